The third-order valence-electron chi connectivity index (χ3n) is 1.97. The second kappa shape index (κ2) is 6.19. The molecule has 0 heterocycles. The number of halogens is 3. The number of rotatable bonds is 5. The maximum atomic E-state index is 11.8. The van der Waals surface area contributed by atoms with Crippen molar-refractivity contribution in [2.24, 2.45) is 0 Å². The molecule has 0 fully saturated rings. The van der Waals surface area contributed by atoms with Gasteiger partial charge in [0.25, 0.3) is 0 Å². The Kier molecular flexibility index (Phi) is 5.20. The Morgan fingerprint density at radius 3 is 2.27 bits per heavy atom. The van der Waals surface area contributed by atoms with E-state index in [1.807, 2.05) is 30.3 Å². The van der Waals surface area contributed by atoms with Crippen LogP contribution in [-0.4, -0.2) is 20.0 Å². The van der Waals surface area contributed by atoms with E-state index >= 15 is 0 Å². The van der Waals surface area contributed by atoms with Gasteiger partial charge in [0.15, 0.2) is 0 Å². The third kappa shape index (κ3) is 6.58. The summed E-state index contributed by atoms with van der Waals surface area (Å²) >= 11 is -1.19. The van der Waals surface area contributed by atoms with E-state index in [4.69, 9.17) is 0 Å². The van der Waals surface area contributed by atoms with Crippen LogP contribution in [0.15, 0.2) is 30.3 Å². The molecule has 0 nitrogen and oxygen atoms in total. The van der Waals surface area contributed by atoms with Gasteiger partial charge in [-0.3, -0.25) is 0 Å². The number of hydrogen-bond acceptors (Lipinski definition) is 0. The minimum atomic E-state index is -3.93. The summed E-state index contributed by atoms with van der Waals surface area (Å²) in [5.41, 5.74) is 1.21. The van der Waals surface area contributed by atoms with Gasteiger partial charge in [0.1, 0.15) is 0 Å². The van der Waals surface area contributed by atoms with Crippen molar-refractivity contribution >= 4 is 15.0 Å². The summed E-state index contributed by atoms with van der Waals surface area (Å²) in [6.07, 6.45) is 2.41. The van der Waals surface area contributed by atoms with E-state index in [-0.39, 0.29) is 0 Å². The summed E-state index contributed by atoms with van der Waals surface area (Å²) < 4.78 is 35.5. The van der Waals surface area contributed by atoms with Crippen LogP contribution in [0.5, 0.6) is 0 Å². The summed E-state index contributed by atoms with van der Waals surface area (Å²) in [4.78, 5) is 0. The van der Waals surface area contributed by atoms with Gasteiger partial charge in [-0.05, 0) is 0 Å². The normalized spacial score (nSPS) is 11.7. The first-order valence-corrected chi connectivity index (χ1v) is 6.89. The second-order valence-corrected chi connectivity index (χ2v) is 5.67. The summed E-state index contributed by atoms with van der Waals surface area (Å²) in [6, 6.07) is 9.87. The number of aryl methyl sites for hydroxylation is 1. The SMILES string of the molecule is FC(F)(F)[Se]CCCCc1ccccc1. The predicted octanol–water partition coefficient (Wildman–Crippen LogP) is 3.65. The van der Waals surface area contributed by atoms with Gasteiger partial charge < -0.3 is 0 Å². The molecule has 0 aliphatic heterocycles. The first-order valence-electron chi connectivity index (χ1n) is 4.82. The number of alkyl halides is 3. The van der Waals surface area contributed by atoms with Crippen LogP contribution in [0.1, 0.15) is 18.4 Å². The van der Waals surface area contributed by atoms with Crippen LogP contribution in [-0.2, 0) is 6.42 Å². The molecule has 0 saturated carbocycles. The van der Waals surface area contributed by atoms with Gasteiger partial charge in [0.05, 0.1) is 0 Å². The summed E-state index contributed by atoms with van der Waals surface area (Å²) in [7, 11) is 0. The zero-order valence-electron chi connectivity index (χ0n) is 8.26. The second-order valence-electron chi connectivity index (χ2n) is 3.24. The van der Waals surface area contributed by atoms with E-state index in [1.165, 1.54) is 5.56 Å². The van der Waals surface area contributed by atoms with Crippen molar-refractivity contribution in [3.8, 4) is 0 Å². The Balaban J connectivity index is 2.08. The Hall–Kier alpha value is -0.471. The molecule has 1 aromatic rings. The molecule has 1 rings (SSSR count). The molecule has 15 heavy (non-hydrogen) atoms. The standard InChI is InChI=1S/C11H13F3Se/c12-11(13,14)15-9-5-4-8-10-6-2-1-3-7-10/h1-3,6-7H,4-5,8-9H2. The fourth-order valence-corrected chi connectivity index (χ4v) is 2.48. The molecule has 0 N–H and O–H groups in total. The van der Waals surface area contributed by atoms with E-state index in [1.54, 1.807) is 0 Å². The fourth-order valence-electron chi connectivity index (χ4n) is 1.26. The predicted molar refractivity (Wildman–Crippen MR) is 56.0 cm³/mol. The first-order chi connectivity index (χ1) is 7.08. The van der Waals surface area contributed by atoms with E-state index in [0.29, 0.717) is 11.7 Å². The van der Waals surface area contributed by atoms with Crippen molar-refractivity contribution in [1.29, 1.82) is 0 Å². The quantitative estimate of drug-likeness (QED) is 0.571. The van der Waals surface area contributed by atoms with E-state index < -0.39 is 20.0 Å². The monoisotopic (exact) mass is 282 g/mol. The Bertz CT molecular complexity index is 269. The minimum absolute atomic E-state index is 0.309. The third-order valence-corrected chi connectivity index (χ3v) is 3.69. The van der Waals surface area contributed by atoms with Crippen molar-refractivity contribution in [3.05, 3.63) is 35.9 Å². The van der Waals surface area contributed by atoms with Gasteiger partial charge in [-0.25, -0.2) is 0 Å². The molecule has 4 heteroatoms. The average Bonchev–Trinajstić information content (AvgIpc) is 2.17. The Morgan fingerprint density at radius 1 is 1.00 bits per heavy atom. The van der Waals surface area contributed by atoms with Gasteiger partial charge in [-0.1, -0.05) is 0 Å². The summed E-state index contributed by atoms with van der Waals surface area (Å²) in [5, 5.41) is -3.62. The van der Waals surface area contributed by atoms with E-state index in [9.17, 15) is 13.2 Å². The zero-order chi connectivity index (χ0) is 11.1. The number of unbranched alkanes of at least 4 members (excludes halogenated alkanes) is 1. The molecule has 0 atom stereocenters. The maximum absolute atomic E-state index is 11.8. The van der Waals surface area contributed by atoms with Crippen LogP contribution in [0.3, 0.4) is 0 Å². The average molecular weight is 281 g/mol. The van der Waals surface area contributed by atoms with Crippen molar-refractivity contribution in [1.82, 2.24) is 0 Å². The van der Waals surface area contributed by atoms with Gasteiger partial charge >= 0.3 is 93.7 Å². The molecule has 0 amide bonds. The molecule has 0 unspecified atom stereocenters. The zero-order valence-corrected chi connectivity index (χ0v) is 9.97. The van der Waals surface area contributed by atoms with Crippen molar-refractivity contribution in [3.63, 3.8) is 0 Å². The Labute approximate surface area is 94.0 Å². The fraction of sp³-hybridized carbons (Fsp3) is 0.455. The molecule has 84 valence electrons. The molecular formula is C11H13F3Se. The van der Waals surface area contributed by atoms with E-state index in [0.717, 1.165) is 12.8 Å². The van der Waals surface area contributed by atoms with Gasteiger partial charge in [0.2, 0.25) is 0 Å². The van der Waals surface area contributed by atoms with Crippen LogP contribution in [0.2, 0.25) is 5.32 Å². The van der Waals surface area contributed by atoms with Gasteiger partial charge in [-0.15, -0.1) is 0 Å². The molecular weight excluding hydrogens is 268 g/mol. The van der Waals surface area contributed by atoms with Crippen LogP contribution in [0.4, 0.5) is 13.2 Å². The molecule has 0 spiro atoms. The molecule has 0 aliphatic carbocycles. The molecule has 0 aliphatic rings. The molecule has 0 radical (unpaired) electrons. The van der Waals surface area contributed by atoms with Crippen LogP contribution < -0.4 is 0 Å². The van der Waals surface area contributed by atoms with Crippen LogP contribution in [0.25, 0.3) is 0 Å². The van der Waals surface area contributed by atoms with Crippen LogP contribution in [0, 0.1) is 0 Å². The van der Waals surface area contributed by atoms with Crippen molar-refractivity contribution in [2.75, 3.05) is 0 Å². The van der Waals surface area contributed by atoms with Crippen molar-refractivity contribution < 1.29 is 13.2 Å². The number of hydrogen-bond donors (Lipinski definition) is 0. The Morgan fingerprint density at radius 2 is 1.67 bits per heavy atom. The van der Waals surface area contributed by atoms with Gasteiger partial charge in [0, 0.05) is 0 Å². The van der Waals surface area contributed by atoms with E-state index in [2.05, 4.69) is 0 Å². The molecule has 0 saturated heterocycles. The number of benzene rings is 1. The summed E-state index contributed by atoms with van der Waals surface area (Å²) in [5.74, 6) is 0. The molecule has 1 aromatic carbocycles. The van der Waals surface area contributed by atoms with Crippen LogP contribution >= 0.6 is 0 Å². The van der Waals surface area contributed by atoms with Crippen molar-refractivity contribution in [2.45, 2.75) is 29.7 Å². The van der Waals surface area contributed by atoms with Gasteiger partial charge in [-0.2, -0.15) is 0 Å². The molecule has 0 aromatic heterocycles. The first kappa shape index (κ1) is 12.6. The summed E-state index contributed by atoms with van der Waals surface area (Å²) in [6.45, 7) is 0. The topological polar surface area (TPSA) is 0 Å². The molecule has 0 bridgehead atoms.